The van der Waals surface area contributed by atoms with Gasteiger partial charge in [-0.1, -0.05) is 6.92 Å². The van der Waals surface area contributed by atoms with E-state index in [0.29, 0.717) is 6.54 Å². The summed E-state index contributed by atoms with van der Waals surface area (Å²) in [6.07, 6.45) is 0.775. The number of carbonyl (C=O) groups excluding carboxylic acids is 2. The largest absolute Gasteiger partial charge is 0.480 e. The van der Waals surface area contributed by atoms with Gasteiger partial charge in [0, 0.05) is 6.54 Å². The standard InChI is InChI=1S/C10H19N3O4.ClH/c1-4-5-11-10(17)12-8(14)6-13(3)7(2)9(15)16;/h7H,4-6H2,1-3H3,(H,15,16)(H2,11,12,14,17);1H. The summed E-state index contributed by atoms with van der Waals surface area (Å²) >= 11 is 0. The second kappa shape index (κ2) is 9.67. The van der Waals surface area contributed by atoms with Gasteiger partial charge in [-0.2, -0.15) is 0 Å². The van der Waals surface area contributed by atoms with Gasteiger partial charge in [0.25, 0.3) is 0 Å². The summed E-state index contributed by atoms with van der Waals surface area (Å²) in [5.74, 6) is -1.55. The number of hydrogen-bond acceptors (Lipinski definition) is 4. The van der Waals surface area contributed by atoms with Gasteiger partial charge in [-0.15, -0.1) is 12.4 Å². The Bertz CT molecular complexity index is 299. The fraction of sp³-hybridized carbons (Fsp3) is 0.700. The minimum Gasteiger partial charge on any atom is -0.480 e. The summed E-state index contributed by atoms with van der Waals surface area (Å²) in [5, 5.41) is 13.3. The first-order chi connectivity index (χ1) is 7.88. The molecule has 1 atom stereocenters. The lowest BCUT2D eigenvalue weighted by Crippen LogP contribution is -2.47. The summed E-state index contributed by atoms with van der Waals surface area (Å²) in [6, 6.07) is -1.34. The summed E-state index contributed by atoms with van der Waals surface area (Å²) in [4.78, 5) is 34.4. The lowest BCUT2D eigenvalue weighted by atomic mass is 10.3. The lowest BCUT2D eigenvalue weighted by molar-refractivity contribution is -0.142. The molecule has 0 saturated heterocycles. The number of carboxylic acids is 1. The van der Waals surface area contributed by atoms with E-state index < -0.39 is 23.9 Å². The van der Waals surface area contributed by atoms with Crippen molar-refractivity contribution in [2.24, 2.45) is 0 Å². The molecule has 0 heterocycles. The highest BCUT2D eigenvalue weighted by molar-refractivity contribution is 5.95. The van der Waals surface area contributed by atoms with Crippen molar-refractivity contribution in [1.82, 2.24) is 15.5 Å². The molecule has 0 aliphatic carbocycles. The molecule has 0 spiro atoms. The van der Waals surface area contributed by atoms with Gasteiger partial charge in [0.2, 0.25) is 5.91 Å². The monoisotopic (exact) mass is 281 g/mol. The van der Waals surface area contributed by atoms with Crippen LogP contribution in [0.25, 0.3) is 0 Å². The van der Waals surface area contributed by atoms with Crippen LogP contribution in [0.5, 0.6) is 0 Å². The molecule has 0 rings (SSSR count). The normalized spacial score (nSPS) is 11.3. The number of urea groups is 1. The Hall–Kier alpha value is -1.34. The van der Waals surface area contributed by atoms with Crippen LogP contribution in [0.15, 0.2) is 0 Å². The third-order valence-electron chi connectivity index (χ3n) is 2.20. The molecule has 0 fully saturated rings. The summed E-state index contributed by atoms with van der Waals surface area (Å²) < 4.78 is 0. The molecule has 0 aliphatic rings. The Balaban J connectivity index is 0. The number of halogens is 1. The van der Waals surface area contributed by atoms with Gasteiger partial charge in [-0.25, -0.2) is 4.79 Å². The van der Waals surface area contributed by atoms with Crippen LogP contribution >= 0.6 is 12.4 Å². The zero-order valence-electron chi connectivity index (χ0n) is 10.7. The second-order valence-corrected chi connectivity index (χ2v) is 3.73. The Labute approximate surface area is 112 Å². The average molecular weight is 282 g/mol. The van der Waals surface area contributed by atoms with Crippen molar-refractivity contribution in [3.05, 3.63) is 0 Å². The molecule has 18 heavy (non-hydrogen) atoms. The van der Waals surface area contributed by atoms with E-state index in [1.54, 1.807) is 0 Å². The highest BCUT2D eigenvalue weighted by Gasteiger charge is 2.19. The maximum absolute atomic E-state index is 11.3. The zero-order valence-corrected chi connectivity index (χ0v) is 11.5. The molecule has 8 heteroatoms. The summed E-state index contributed by atoms with van der Waals surface area (Å²) in [6.45, 7) is 3.70. The maximum atomic E-state index is 11.3. The minimum atomic E-state index is -1.02. The Kier molecular flexibility index (Phi) is 10.2. The number of nitrogens with one attached hydrogen (secondary N) is 2. The average Bonchev–Trinajstić information content (AvgIpc) is 2.24. The van der Waals surface area contributed by atoms with Gasteiger partial charge in [0.05, 0.1) is 6.54 Å². The van der Waals surface area contributed by atoms with Crippen molar-refractivity contribution in [2.45, 2.75) is 26.3 Å². The van der Waals surface area contributed by atoms with Crippen molar-refractivity contribution in [3.8, 4) is 0 Å². The van der Waals surface area contributed by atoms with E-state index in [0.717, 1.165) is 6.42 Å². The van der Waals surface area contributed by atoms with Crippen LogP contribution < -0.4 is 10.6 Å². The number of rotatable bonds is 6. The predicted octanol–water partition coefficient (Wildman–Crippen LogP) is 0.0489. The molecule has 7 nitrogen and oxygen atoms in total. The molecule has 106 valence electrons. The SMILES string of the molecule is CCCNC(=O)NC(=O)CN(C)C(C)C(=O)O.Cl. The first kappa shape index (κ1) is 19.0. The summed E-state index contributed by atoms with van der Waals surface area (Å²) in [7, 11) is 1.50. The first-order valence-electron chi connectivity index (χ1n) is 5.39. The van der Waals surface area contributed by atoms with E-state index in [2.05, 4.69) is 10.6 Å². The number of hydrogen-bond donors (Lipinski definition) is 3. The molecule has 0 radical (unpaired) electrons. The maximum Gasteiger partial charge on any atom is 0.321 e. The molecule has 3 amide bonds. The second-order valence-electron chi connectivity index (χ2n) is 3.73. The third kappa shape index (κ3) is 7.86. The van der Waals surface area contributed by atoms with E-state index in [1.807, 2.05) is 6.92 Å². The highest BCUT2D eigenvalue weighted by Crippen LogP contribution is 1.94. The molecule has 0 aliphatic heterocycles. The van der Waals surface area contributed by atoms with Crippen molar-refractivity contribution >= 4 is 30.3 Å². The van der Waals surface area contributed by atoms with Gasteiger partial charge in [-0.3, -0.25) is 19.8 Å². The van der Waals surface area contributed by atoms with Crippen molar-refractivity contribution in [1.29, 1.82) is 0 Å². The van der Waals surface area contributed by atoms with Crippen molar-refractivity contribution in [2.75, 3.05) is 20.1 Å². The molecule has 0 saturated carbocycles. The van der Waals surface area contributed by atoms with Gasteiger partial charge in [-0.05, 0) is 20.4 Å². The molecular formula is C10H20ClN3O4. The van der Waals surface area contributed by atoms with Gasteiger partial charge >= 0.3 is 12.0 Å². The fourth-order valence-corrected chi connectivity index (χ4v) is 1.00. The Morgan fingerprint density at radius 3 is 2.33 bits per heavy atom. The first-order valence-corrected chi connectivity index (χ1v) is 5.39. The molecule has 0 aromatic heterocycles. The van der Waals surface area contributed by atoms with Crippen LogP contribution in [0.2, 0.25) is 0 Å². The van der Waals surface area contributed by atoms with Crippen LogP contribution in [-0.2, 0) is 9.59 Å². The van der Waals surface area contributed by atoms with E-state index in [9.17, 15) is 14.4 Å². The number of aliphatic carboxylic acids is 1. The molecule has 1 unspecified atom stereocenters. The number of likely N-dealkylation sites (N-methyl/N-ethyl adjacent to an activating group) is 1. The number of imide groups is 1. The van der Waals surface area contributed by atoms with Gasteiger partial charge in [0.15, 0.2) is 0 Å². The molecule has 0 aromatic carbocycles. The van der Waals surface area contributed by atoms with E-state index >= 15 is 0 Å². The lowest BCUT2D eigenvalue weighted by Gasteiger charge is -2.19. The number of amides is 3. The van der Waals surface area contributed by atoms with Crippen molar-refractivity contribution in [3.63, 3.8) is 0 Å². The molecule has 0 aromatic rings. The third-order valence-corrected chi connectivity index (χ3v) is 2.20. The molecular weight excluding hydrogens is 262 g/mol. The number of nitrogens with zero attached hydrogens (tertiary/aromatic N) is 1. The zero-order chi connectivity index (χ0) is 13.4. The van der Waals surface area contributed by atoms with E-state index in [4.69, 9.17) is 5.11 Å². The van der Waals surface area contributed by atoms with E-state index in [-0.39, 0.29) is 19.0 Å². The van der Waals surface area contributed by atoms with Crippen LogP contribution in [0.1, 0.15) is 20.3 Å². The minimum absolute atomic E-state index is 0. The summed E-state index contributed by atoms with van der Waals surface area (Å²) in [5.41, 5.74) is 0. The van der Waals surface area contributed by atoms with E-state index in [1.165, 1.54) is 18.9 Å². The topological polar surface area (TPSA) is 98.7 Å². The quantitative estimate of drug-likeness (QED) is 0.639. The van der Waals surface area contributed by atoms with Gasteiger partial charge < -0.3 is 10.4 Å². The smallest absolute Gasteiger partial charge is 0.321 e. The highest BCUT2D eigenvalue weighted by atomic mass is 35.5. The van der Waals surface area contributed by atoms with Crippen molar-refractivity contribution < 1.29 is 19.5 Å². The number of carbonyl (C=O) groups is 3. The molecule has 0 bridgehead atoms. The molecule has 3 N–H and O–H groups in total. The van der Waals surface area contributed by atoms with Crippen LogP contribution in [-0.4, -0.2) is 54.1 Å². The predicted molar refractivity (Wildman–Crippen MR) is 68.8 cm³/mol. The Morgan fingerprint density at radius 1 is 1.33 bits per heavy atom. The van der Waals surface area contributed by atoms with Crippen LogP contribution in [0, 0.1) is 0 Å². The Morgan fingerprint density at radius 2 is 1.89 bits per heavy atom. The van der Waals surface area contributed by atoms with Crippen LogP contribution in [0.3, 0.4) is 0 Å². The van der Waals surface area contributed by atoms with Crippen LogP contribution in [0.4, 0.5) is 4.79 Å². The number of carboxylic acid groups (broad SMARTS) is 1. The van der Waals surface area contributed by atoms with Gasteiger partial charge in [0.1, 0.15) is 6.04 Å². The fourth-order valence-electron chi connectivity index (χ4n) is 1.00.